The second kappa shape index (κ2) is 6.22. The average molecular weight is 290 g/mol. The molecule has 0 aromatic carbocycles. The summed E-state index contributed by atoms with van der Waals surface area (Å²) in [5, 5.41) is 8.58. The maximum absolute atomic E-state index is 10.5. The highest BCUT2D eigenvalue weighted by Gasteiger charge is 2.26. The number of carbonyl (C=O) groups is 1. The molecule has 0 radical (unpaired) electrons. The number of anilines is 1. The second-order valence-corrected chi connectivity index (χ2v) is 6.13. The Bertz CT molecular complexity index is 511. The van der Waals surface area contributed by atoms with Crippen molar-refractivity contribution in [2.75, 3.05) is 31.1 Å². The average Bonchev–Trinajstić information content (AvgIpc) is 2.45. The van der Waals surface area contributed by atoms with Crippen LogP contribution in [0.2, 0.25) is 0 Å². The number of nitrogens with zero attached hydrogens (tertiary/aromatic N) is 4. The maximum Gasteiger partial charge on any atom is 0.328 e. The molecule has 1 aromatic heterocycles. The van der Waals surface area contributed by atoms with E-state index in [0.717, 1.165) is 32.3 Å². The van der Waals surface area contributed by atoms with E-state index in [1.54, 1.807) is 12.4 Å². The Morgan fingerprint density at radius 2 is 1.76 bits per heavy atom. The van der Waals surface area contributed by atoms with Gasteiger partial charge in [0.15, 0.2) is 0 Å². The summed E-state index contributed by atoms with van der Waals surface area (Å²) in [5.41, 5.74) is 0.882. The van der Waals surface area contributed by atoms with E-state index in [-0.39, 0.29) is 5.54 Å². The maximum atomic E-state index is 10.5. The van der Waals surface area contributed by atoms with Crippen LogP contribution in [0.1, 0.15) is 26.3 Å². The highest BCUT2D eigenvalue weighted by atomic mass is 16.4. The topological polar surface area (TPSA) is 69.6 Å². The molecule has 2 heterocycles. The molecule has 1 saturated heterocycles. The molecule has 0 unspecified atom stereocenters. The Morgan fingerprint density at radius 1 is 1.19 bits per heavy atom. The molecule has 1 aliphatic heterocycles. The molecule has 1 fully saturated rings. The van der Waals surface area contributed by atoms with Crippen molar-refractivity contribution >= 4 is 18.0 Å². The zero-order valence-electron chi connectivity index (χ0n) is 12.8. The minimum atomic E-state index is -0.975. The zero-order chi connectivity index (χ0) is 15.5. The molecule has 0 bridgehead atoms. The van der Waals surface area contributed by atoms with Crippen molar-refractivity contribution in [3.63, 3.8) is 0 Å². The molecule has 0 aliphatic carbocycles. The SMILES string of the molecule is CC(C)(C)N1CCN(c2ncc(/C=C/C(=O)O)cn2)CC1. The molecule has 0 atom stereocenters. The van der Waals surface area contributed by atoms with E-state index in [1.165, 1.54) is 6.08 Å². The van der Waals surface area contributed by atoms with E-state index in [1.807, 2.05) is 0 Å². The third-order valence-corrected chi connectivity index (χ3v) is 3.59. The fraction of sp³-hybridized carbons (Fsp3) is 0.533. The van der Waals surface area contributed by atoms with Gasteiger partial charge in [-0.1, -0.05) is 0 Å². The van der Waals surface area contributed by atoms with Gasteiger partial charge in [-0.2, -0.15) is 0 Å². The fourth-order valence-electron chi connectivity index (χ4n) is 2.33. The van der Waals surface area contributed by atoms with Crippen LogP contribution in [0.4, 0.5) is 5.95 Å². The molecule has 1 aromatic rings. The van der Waals surface area contributed by atoms with Gasteiger partial charge in [-0.15, -0.1) is 0 Å². The van der Waals surface area contributed by atoms with Gasteiger partial charge in [0.05, 0.1) is 0 Å². The number of rotatable bonds is 3. The van der Waals surface area contributed by atoms with Crippen molar-refractivity contribution in [3.05, 3.63) is 24.0 Å². The van der Waals surface area contributed by atoms with E-state index >= 15 is 0 Å². The van der Waals surface area contributed by atoms with Crippen LogP contribution in [0.3, 0.4) is 0 Å². The van der Waals surface area contributed by atoms with Crippen molar-refractivity contribution in [3.8, 4) is 0 Å². The van der Waals surface area contributed by atoms with Crippen LogP contribution < -0.4 is 4.90 Å². The van der Waals surface area contributed by atoms with Crippen LogP contribution in [-0.2, 0) is 4.79 Å². The van der Waals surface area contributed by atoms with Crippen LogP contribution >= 0.6 is 0 Å². The van der Waals surface area contributed by atoms with Gasteiger partial charge in [-0.05, 0) is 26.8 Å². The van der Waals surface area contributed by atoms with Gasteiger partial charge < -0.3 is 10.0 Å². The molecule has 6 heteroatoms. The third-order valence-electron chi connectivity index (χ3n) is 3.59. The summed E-state index contributed by atoms with van der Waals surface area (Å²) < 4.78 is 0. The summed E-state index contributed by atoms with van der Waals surface area (Å²) in [6.45, 7) is 10.5. The van der Waals surface area contributed by atoms with Gasteiger partial charge in [-0.3, -0.25) is 4.90 Å². The number of aromatic nitrogens is 2. The number of carboxylic acids is 1. The Morgan fingerprint density at radius 3 is 2.24 bits per heavy atom. The first kappa shape index (κ1) is 15.4. The van der Waals surface area contributed by atoms with Crippen LogP contribution in [-0.4, -0.2) is 57.7 Å². The highest BCUT2D eigenvalue weighted by Crippen LogP contribution is 2.18. The van der Waals surface area contributed by atoms with Gasteiger partial charge in [0.25, 0.3) is 0 Å². The molecule has 1 N–H and O–H groups in total. The first-order valence-corrected chi connectivity index (χ1v) is 7.09. The molecule has 0 spiro atoms. The summed E-state index contributed by atoms with van der Waals surface area (Å²) in [6.07, 6.45) is 5.87. The number of aliphatic carboxylic acids is 1. The van der Waals surface area contributed by atoms with Gasteiger partial charge >= 0.3 is 5.97 Å². The molecule has 21 heavy (non-hydrogen) atoms. The third kappa shape index (κ3) is 4.26. The first-order valence-electron chi connectivity index (χ1n) is 7.09. The minimum Gasteiger partial charge on any atom is -0.478 e. The number of hydrogen-bond donors (Lipinski definition) is 1. The summed E-state index contributed by atoms with van der Waals surface area (Å²) in [4.78, 5) is 23.7. The van der Waals surface area contributed by atoms with E-state index in [9.17, 15) is 4.79 Å². The number of carboxylic acid groups (broad SMARTS) is 1. The van der Waals surface area contributed by atoms with Crippen molar-refractivity contribution in [2.45, 2.75) is 26.3 Å². The predicted molar refractivity (Wildman–Crippen MR) is 82.2 cm³/mol. The largest absolute Gasteiger partial charge is 0.478 e. The monoisotopic (exact) mass is 290 g/mol. The van der Waals surface area contributed by atoms with Crippen LogP contribution in [0.25, 0.3) is 6.08 Å². The number of hydrogen-bond acceptors (Lipinski definition) is 5. The van der Waals surface area contributed by atoms with Gasteiger partial charge in [-0.25, -0.2) is 14.8 Å². The van der Waals surface area contributed by atoms with Crippen molar-refractivity contribution in [1.29, 1.82) is 0 Å². The van der Waals surface area contributed by atoms with Crippen LogP contribution in [0.15, 0.2) is 18.5 Å². The summed E-state index contributed by atoms with van der Waals surface area (Å²) in [7, 11) is 0. The predicted octanol–water partition coefficient (Wildman–Crippen LogP) is 1.49. The minimum absolute atomic E-state index is 0.193. The standard InChI is InChI=1S/C15H22N4O2/c1-15(2,3)19-8-6-18(7-9-19)14-16-10-12(11-17-14)4-5-13(20)21/h4-5,10-11H,6-9H2,1-3H3,(H,20,21)/b5-4+. The summed E-state index contributed by atoms with van der Waals surface area (Å²) in [6, 6.07) is 0. The zero-order valence-corrected chi connectivity index (χ0v) is 12.8. The molecule has 1 aliphatic rings. The Labute approximate surface area is 125 Å². The fourth-order valence-corrected chi connectivity index (χ4v) is 2.33. The Balaban J connectivity index is 1.96. The smallest absolute Gasteiger partial charge is 0.328 e. The lowest BCUT2D eigenvalue weighted by Crippen LogP contribution is -2.53. The van der Waals surface area contributed by atoms with Gasteiger partial charge in [0.1, 0.15) is 0 Å². The van der Waals surface area contributed by atoms with E-state index in [0.29, 0.717) is 11.5 Å². The summed E-state index contributed by atoms with van der Waals surface area (Å²) >= 11 is 0. The van der Waals surface area contributed by atoms with Crippen molar-refractivity contribution < 1.29 is 9.90 Å². The van der Waals surface area contributed by atoms with E-state index in [2.05, 4.69) is 40.5 Å². The molecule has 0 saturated carbocycles. The van der Waals surface area contributed by atoms with Crippen LogP contribution in [0, 0.1) is 0 Å². The van der Waals surface area contributed by atoms with Crippen LogP contribution in [0.5, 0.6) is 0 Å². The molecular weight excluding hydrogens is 268 g/mol. The summed E-state index contributed by atoms with van der Waals surface area (Å²) in [5.74, 6) is -0.270. The first-order chi connectivity index (χ1) is 9.86. The van der Waals surface area contributed by atoms with E-state index < -0.39 is 5.97 Å². The molecule has 6 nitrogen and oxygen atoms in total. The molecule has 0 amide bonds. The van der Waals surface area contributed by atoms with Gasteiger partial charge in [0, 0.05) is 55.8 Å². The van der Waals surface area contributed by atoms with E-state index in [4.69, 9.17) is 5.11 Å². The lowest BCUT2D eigenvalue weighted by atomic mass is 10.1. The number of piperazine rings is 1. The Hall–Kier alpha value is -1.95. The molecule has 2 rings (SSSR count). The Kier molecular flexibility index (Phi) is 4.57. The molecule has 114 valence electrons. The highest BCUT2D eigenvalue weighted by molar-refractivity contribution is 5.85. The van der Waals surface area contributed by atoms with Gasteiger partial charge in [0.2, 0.25) is 5.95 Å². The lowest BCUT2D eigenvalue weighted by Gasteiger charge is -2.42. The second-order valence-electron chi connectivity index (χ2n) is 6.13. The van der Waals surface area contributed by atoms with Crippen molar-refractivity contribution in [1.82, 2.24) is 14.9 Å². The normalized spacial score (nSPS) is 17.4. The van der Waals surface area contributed by atoms with Crippen molar-refractivity contribution in [2.24, 2.45) is 0 Å². The lowest BCUT2D eigenvalue weighted by molar-refractivity contribution is -0.131. The molecular formula is C15H22N4O2. The quantitative estimate of drug-likeness (QED) is 0.851.